The van der Waals surface area contributed by atoms with Crippen molar-refractivity contribution >= 4 is 52.8 Å². The second-order valence-corrected chi connectivity index (χ2v) is 14.0. The van der Waals surface area contributed by atoms with Crippen LogP contribution in [0.2, 0.25) is 0 Å². The minimum absolute atomic E-state index is 0.0366. The van der Waals surface area contributed by atoms with E-state index >= 15 is 0 Å². The first kappa shape index (κ1) is 42.7. The summed E-state index contributed by atoms with van der Waals surface area (Å²) in [7, 11) is 1.25. The van der Waals surface area contributed by atoms with Gasteiger partial charge in [0, 0.05) is 22.3 Å². The second-order valence-electron chi connectivity index (χ2n) is 14.0. The van der Waals surface area contributed by atoms with Crippen LogP contribution in [0.4, 0.5) is 21.0 Å². The average Bonchev–Trinajstić information content (AvgIpc) is 3.54. The number of ether oxygens (including phenoxy) is 3. The number of fused-ring (bicyclic) bond motifs is 2. The monoisotopic (exact) mass is 842 g/mol. The molecule has 0 aliphatic carbocycles. The number of aliphatic imine (C=N–C) groups is 2. The molecule has 2 heterocycles. The highest BCUT2D eigenvalue weighted by Crippen LogP contribution is 2.29. The number of hydrogen-bond acceptors (Lipinski definition) is 10. The minimum atomic E-state index is -1.31. The van der Waals surface area contributed by atoms with Crippen LogP contribution >= 0.6 is 0 Å². The van der Waals surface area contributed by atoms with Crippen molar-refractivity contribution in [3.63, 3.8) is 0 Å². The number of methoxy groups -OCH3 is 1. The van der Waals surface area contributed by atoms with Gasteiger partial charge in [-0.25, -0.2) is 19.6 Å². The van der Waals surface area contributed by atoms with Gasteiger partial charge < -0.3 is 19.5 Å². The summed E-state index contributed by atoms with van der Waals surface area (Å²) in [5.41, 5.74) is 6.95. The number of nitrogens with one attached hydrogen (secondary N) is 3. The Bertz CT molecular complexity index is 2630. The molecule has 316 valence electrons. The van der Waals surface area contributed by atoms with E-state index in [0.29, 0.717) is 28.4 Å². The molecule has 8 rings (SSSR count). The Balaban J connectivity index is 0.000000191. The number of anilines is 2. The standard InChI is InChI=1S/C26H23N3O5.C23H19N3O3/c1-33-22(30)16-29-21-15-9-8-14-20(21)23(19-12-6-3-7-13-19)27-24(25(29)31)28-26(32)34-17-18-10-4-2-5-11-18;27-22-21(26-23(28)29-15-16-9-3-1-4-10-16)25-20(17-11-5-2-6-12-17)18-13-7-8-14-19(18)24-22/h2-15,24H,16-17H2,1H3,(H,28,32);1-14,21H,15H2,(H,24,27)(H,26,28). The first-order valence-corrected chi connectivity index (χ1v) is 19.9. The van der Waals surface area contributed by atoms with E-state index in [2.05, 4.69) is 25.9 Å². The molecule has 0 spiro atoms. The first-order valence-electron chi connectivity index (χ1n) is 19.9. The fraction of sp³-hybridized carbons (Fsp3) is 0.122. The van der Waals surface area contributed by atoms with E-state index in [4.69, 9.17) is 14.2 Å². The number of amides is 4. The topological polar surface area (TPSA) is 177 Å². The largest absolute Gasteiger partial charge is 0.468 e. The molecule has 0 fully saturated rings. The molecule has 14 nitrogen and oxygen atoms in total. The molecule has 0 saturated heterocycles. The number of rotatable bonds is 10. The van der Waals surface area contributed by atoms with Gasteiger partial charge >= 0.3 is 18.2 Å². The molecule has 0 saturated carbocycles. The molecule has 2 atom stereocenters. The highest BCUT2D eigenvalue weighted by atomic mass is 16.6. The molecular formula is C49H42N6O8. The Hall–Kier alpha value is -8.39. The molecule has 3 N–H and O–H groups in total. The number of benzodiazepines with no additional fused rings is 2. The van der Waals surface area contributed by atoms with E-state index in [1.54, 1.807) is 12.1 Å². The fourth-order valence-corrected chi connectivity index (χ4v) is 6.64. The lowest BCUT2D eigenvalue weighted by Crippen LogP contribution is -2.49. The van der Waals surface area contributed by atoms with Crippen LogP contribution in [0.25, 0.3) is 0 Å². The molecule has 63 heavy (non-hydrogen) atoms. The van der Waals surface area contributed by atoms with Gasteiger partial charge in [-0.2, -0.15) is 0 Å². The third-order valence-electron chi connectivity index (χ3n) is 9.70. The zero-order chi connectivity index (χ0) is 44.0. The molecule has 4 amide bonds. The van der Waals surface area contributed by atoms with Crippen molar-refractivity contribution in [2.45, 2.75) is 25.5 Å². The van der Waals surface area contributed by atoms with Crippen molar-refractivity contribution in [3.05, 3.63) is 203 Å². The predicted octanol–water partition coefficient (Wildman–Crippen LogP) is 7.02. The SMILES string of the molecule is COC(=O)CN1C(=O)C(NC(=O)OCc2ccccc2)N=C(c2ccccc2)c2ccccc21.O=C(NC1N=C(c2ccccc2)c2ccccc2NC1=O)OCc1ccccc1. The molecule has 0 radical (unpaired) electrons. The normalized spacial score (nSPS) is 15.2. The zero-order valence-electron chi connectivity index (χ0n) is 34.0. The summed E-state index contributed by atoms with van der Waals surface area (Å²) in [5, 5.41) is 7.92. The number of para-hydroxylation sites is 2. The summed E-state index contributed by atoms with van der Waals surface area (Å²) >= 11 is 0. The van der Waals surface area contributed by atoms with Gasteiger partial charge in [0.2, 0.25) is 12.3 Å². The van der Waals surface area contributed by atoms with Crippen LogP contribution in [0.15, 0.2) is 180 Å². The Labute approximate surface area is 363 Å². The van der Waals surface area contributed by atoms with Gasteiger partial charge in [-0.1, -0.05) is 158 Å². The molecule has 0 bridgehead atoms. The highest BCUT2D eigenvalue weighted by Gasteiger charge is 2.35. The van der Waals surface area contributed by atoms with E-state index in [0.717, 1.165) is 27.8 Å². The van der Waals surface area contributed by atoms with E-state index < -0.39 is 42.3 Å². The van der Waals surface area contributed by atoms with Gasteiger partial charge in [0.15, 0.2) is 0 Å². The molecule has 2 aliphatic heterocycles. The second kappa shape index (κ2) is 20.7. The Morgan fingerprint density at radius 1 is 0.571 bits per heavy atom. The van der Waals surface area contributed by atoms with Crippen LogP contribution in [0.5, 0.6) is 0 Å². The van der Waals surface area contributed by atoms with Gasteiger partial charge in [0.05, 0.1) is 29.9 Å². The summed E-state index contributed by atoms with van der Waals surface area (Å²) in [6.07, 6.45) is -3.94. The average molecular weight is 843 g/mol. The Kier molecular flexibility index (Phi) is 14.1. The minimum Gasteiger partial charge on any atom is -0.468 e. The number of alkyl carbamates (subject to hydrolysis) is 2. The Morgan fingerprint density at radius 2 is 1.02 bits per heavy atom. The van der Waals surface area contributed by atoms with E-state index in [9.17, 15) is 24.0 Å². The van der Waals surface area contributed by atoms with Gasteiger partial charge in [-0.15, -0.1) is 0 Å². The molecule has 2 unspecified atom stereocenters. The lowest BCUT2D eigenvalue weighted by atomic mass is 10.0. The van der Waals surface area contributed by atoms with Crippen molar-refractivity contribution in [2.75, 3.05) is 23.9 Å². The highest BCUT2D eigenvalue weighted by molar-refractivity contribution is 6.21. The Morgan fingerprint density at radius 3 is 1.57 bits per heavy atom. The van der Waals surface area contributed by atoms with E-state index in [1.165, 1.54) is 12.0 Å². The summed E-state index contributed by atoms with van der Waals surface area (Å²) in [6, 6.07) is 51.9. The van der Waals surface area contributed by atoms with Crippen LogP contribution in [0, 0.1) is 0 Å². The number of esters is 1. The number of carbonyl (C=O) groups is 5. The van der Waals surface area contributed by atoms with Crippen molar-refractivity contribution in [3.8, 4) is 0 Å². The molecular weight excluding hydrogens is 801 g/mol. The molecule has 2 aliphatic rings. The summed E-state index contributed by atoms with van der Waals surface area (Å²) < 4.78 is 15.3. The quantitative estimate of drug-likeness (QED) is 0.0973. The third kappa shape index (κ3) is 11.1. The maximum atomic E-state index is 13.5. The van der Waals surface area contributed by atoms with E-state index in [1.807, 2.05) is 158 Å². The van der Waals surface area contributed by atoms with Crippen molar-refractivity contribution in [1.82, 2.24) is 10.6 Å². The van der Waals surface area contributed by atoms with Crippen molar-refractivity contribution in [1.29, 1.82) is 0 Å². The summed E-state index contributed by atoms with van der Waals surface area (Å²) in [5.74, 6) is -1.61. The predicted molar refractivity (Wildman–Crippen MR) is 237 cm³/mol. The zero-order valence-corrected chi connectivity index (χ0v) is 34.0. The molecule has 6 aromatic rings. The fourth-order valence-electron chi connectivity index (χ4n) is 6.64. The third-order valence-corrected chi connectivity index (χ3v) is 9.70. The summed E-state index contributed by atoms with van der Waals surface area (Å²) in [4.78, 5) is 73.6. The lowest BCUT2D eigenvalue weighted by molar-refractivity contribution is -0.140. The smallest absolute Gasteiger partial charge is 0.409 e. The van der Waals surface area contributed by atoms with Crippen LogP contribution in [0.3, 0.4) is 0 Å². The van der Waals surface area contributed by atoms with Crippen LogP contribution in [-0.2, 0) is 41.8 Å². The maximum absolute atomic E-state index is 13.5. The van der Waals surface area contributed by atoms with Crippen molar-refractivity contribution < 1.29 is 38.2 Å². The number of hydrogen-bond donors (Lipinski definition) is 3. The molecule has 0 aromatic heterocycles. The lowest BCUT2D eigenvalue weighted by Gasteiger charge is -2.24. The number of nitrogens with zero attached hydrogens (tertiary/aromatic N) is 3. The van der Waals surface area contributed by atoms with Crippen LogP contribution < -0.4 is 20.9 Å². The molecule has 14 heteroatoms. The van der Waals surface area contributed by atoms with Crippen LogP contribution in [-0.4, -0.2) is 67.4 Å². The van der Waals surface area contributed by atoms with Gasteiger partial charge in [-0.3, -0.25) is 29.9 Å². The number of carbonyl (C=O) groups excluding carboxylic acids is 5. The van der Waals surface area contributed by atoms with Crippen molar-refractivity contribution in [2.24, 2.45) is 9.98 Å². The summed E-state index contributed by atoms with van der Waals surface area (Å²) in [6.45, 7) is -0.188. The van der Waals surface area contributed by atoms with E-state index in [-0.39, 0.29) is 19.8 Å². The first-order chi connectivity index (χ1) is 30.8. The van der Waals surface area contributed by atoms with Crippen LogP contribution in [0.1, 0.15) is 33.4 Å². The van der Waals surface area contributed by atoms with Gasteiger partial charge in [-0.05, 0) is 23.3 Å². The van der Waals surface area contributed by atoms with Gasteiger partial charge in [0.1, 0.15) is 19.8 Å². The van der Waals surface area contributed by atoms with Gasteiger partial charge in [0.25, 0.3) is 11.8 Å². The number of benzene rings is 6. The molecule has 6 aromatic carbocycles. The maximum Gasteiger partial charge on any atom is 0.409 e.